The number of carbonyl (C=O) groups is 2. The molecule has 3 atom stereocenters. The molecular weight excluding hydrogens is 310 g/mol. The summed E-state index contributed by atoms with van der Waals surface area (Å²) < 4.78 is 5.71. The zero-order valence-corrected chi connectivity index (χ0v) is 13.8. The van der Waals surface area contributed by atoms with Crippen molar-refractivity contribution < 1.29 is 14.3 Å². The Balaban J connectivity index is 1.86. The van der Waals surface area contributed by atoms with Gasteiger partial charge in [-0.25, -0.2) is 4.79 Å². The van der Waals surface area contributed by atoms with E-state index >= 15 is 0 Å². The average Bonchev–Trinajstić information content (AvgIpc) is 2.88. The largest absolute Gasteiger partial charge is 0.448 e. The third kappa shape index (κ3) is 4.45. The van der Waals surface area contributed by atoms with E-state index in [0.717, 1.165) is 30.6 Å². The lowest BCUT2D eigenvalue weighted by atomic mass is 9.86. The van der Waals surface area contributed by atoms with Crippen molar-refractivity contribution in [3.63, 3.8) is 0 Å². The number of esters is 1. The lowest BCUT2D eigenvalue weighted by Crippen LogP contribution is -2.45. The summed E-state index contributed by atoms with van der Waals surface area (Å²) >= 11 is 6.92. The first-order valence-electron chi connectivity index (χ1n) is 7.24. The van der Waals surface area contributed by atoms with Gasteiger partial charge in [-0.3, -0.25) is 4.79 Å². The van der Waals surface area contributed by atoms with E-state index in [0.29, 0.717) is 15.1 Å². The Hall–Kier alpha value is -1.07. The standard InChI is InChI=1S/C15H20ClNO3S/c1-9-5-3-4-6-11(9)17-14(18)10(2)20-15(19)12-7-8-13(16)21-12/h7-11H,3-6H2,1-2H3,(H,17,18)/t9-,10-,11-/m1/s1. The summed E-state index contributed by atoms with van der Waals surface area (Å²) in [5.41, 5.74) is 0. The molecule has 1 amide bonds. The minimum Gasteiger partial charge on any atom is -0.448 e. The fraction of sp³-hybridized carbons (Fsp3) is 0.600. The lowest BCUT2D eigenvalue weighted by molar-refractivity contribution is -0.130. The summed E-state index contributed by atoms with van der Waals surface area (Å²) in [5, 5.41) is 2.99. The van der Waals surface area contributed by atoms with Gasteiger partial charge in [-0.15, -0.1) is 11.3 Å². The maximum absolute atomic E-state index is 12.1. The summed E-state index contributed by atoms with van der Waals surface area (Å²) in [6.45, 7) is 3.74. The number of halogens is 1. The first kappa shape index (κ1) is 16.3. The van der Waals surface area contributed by atoms with Gasteiger partial charge in [0.2, 0.25) is 0 Å². The van der Waals surface area contributed by atoms with Gasteiger partial charge in [-0.05, 0) is 37.8 Å². The van der Waals surface area contributed by atoms with Gasteiger partial charge >= 0.3 is 5.97 Å². The molecule has 0 saturated heterocycles. The predicted octanol–water partition coefficient (Wildman–Crippen LogP) is 3.64. The molecule has 0 unspecified atom stereocenters. The highest BCUT2D eigenvalue weighted by Crippen LogP contribution is 2.24. The van der Waals surface area contributed by atoms with Crippen LogP contribution in [0.15, 0.2) is 12.1 Å². The van der Waals surface area contributed by atoms with Crippen LogP contribution in [0.25, 0.3) is 0 Å². The van der Waals surface area contributed by atoms with Crippen molar-refractivity contribution >= 4 is 34.8 Å². The third-order valence-corrected chi connectivity index (χ3v) is 5.08. The Morgan fingerprint density at radius 2 is 2.10 bits per heavy atom. The fourth-order valence-electron chi connectivity index (χ4n) is 2.53. The minimum atomic E-state index is -0.799. The van der Waals surface area contributed by atoms with Crippen LogP contribution in [0.4, 0.5) is 0 Å². The smallest absolute Gasteiger partial charge is 0.349 e. The summed E-state index contributed by atoms with van der Waals surface area (Å²) in [7, 11) is 0. The Morgan fingerprint density at radius 1 is 1.38 bits per heavy atom. The fourth-order valence-corrected chi connectivity index (χ4v) is 3.45. The van der Waals surface area contributed by atoms with Crippen LogP contribution < -0.4 is 5.32 Å². The van der Waals surface area contributed by atoms with Gasteiger partial charge in [0, 0.05) is 6.04 Å². The van der Waals surface area contributed by atoms with E-state index in [9.17, 15) is 9.59 Å². The van der Waals surface area contributed by atoms with Crippen LogP contribution in [0, 0.1) is 5.92 Å². The van der Waals surface area contributed by atoms with Gasteiger partial charge in [-0.1, -0.05) is 31.4 Å². The van der Waals surface area contributed by atoms with Crippen LogP contribution in [0.2, 0.25) is 4.34 Å². The molecule has 2 rings (SSSR count). The molecule has 1 aromatic heterocycles. The SMILES string of the molecule is C[C@@H]1CCCC[C@H]1NC(=O)[C@@H](C)OC(=O)c1ccc(Cl)s1. The lowest BCUT2D eigenvalue weighted by Gasteiger charge is -2.30. The Kier molecular flexibility index (Phi) is 5.65. The Morgan fingerprint density at radius 3 is 2.71 bits per heavy atom. The molecule has 1 aliphatic carbocycles. The Bertz CT molecular complexity index is 517. The maximum atomic E-state index is 12.1. The first-order valence-corrected chi connectivity index (χ1v) is 8.43. The second kappa shape index (κ2) is 7.27. The monoisotopic (exact) mass is 329 g/mol. The van der Waals surface area contributed by atoms with Crippen LogP contribution in [0.5, 0.6) is 0 Å². The molecule has 1 N–H and O–H groups in total. The van der Waals surface area contributed by atoms with E-state index in [2.05, 4.69) is 12.2 Å². The zero-order chi connectivity index (χ0) is 15.4. The van der Waals surface area contributed by atoms with E-state index in [1.54, 1.807) is 19.1 Å². The topological polar surface area (TPSA) is 55.4 Å². The van der Waals surface area contributed by atoms with Crippen molar-refractivity contribution in [2.45, 2.75) is 51.7 Å². The zero-order valence-electron chi connectivity index (χ0n) is 12.2. The maximum Gasteiger partial charge on any atom is 0.349 e. The van der Waals surface area contributed by atoms with Gasteiger partial charge in [0.05, 0.1) is 4.34 Å². The Labute approximate surface area is 133 Å². The normalized spacial score (nSPS) is 23.4. The van der Waals surface area contributed by atoms with Crippen molar-refractivity contribution in [2.75, 3.05) is 0 Å². The second-order valence-electron chi connectivity index (χ2n) is 5.53. The summed E-state index contributed by atoms with van der Waals surface area (Å²) in [5.74, 6) is -0.266. The third-order valence-electron chi connectivity index (χ3n) is 3.87. The molecule has 0 aromatic carbocycles. The van der Waals surface area contributed by atoms with E-state index in [1.807, 2.05) is 0 Å². The molecule has 0 spiro atoms. The van der Waals surface area contributed by atoms with Gasteiger partial charge in [0.1, 0.15) is 4.88 Å². The number of rotatable bonds is 4. The highest BCUT2D eigenvalue weighted by molar-refractivity contribution is 7.17. The molecule has 0 aliphatic heterocycles. The molecule has 4 nitrogen and oxygen atoms in total. The minimum absolute atomic E-state index is 0.184. The van der Waals surface area contributed by atoms with E-state index in [4.69, 9.17) is 16.3 Å². The number of nitrogens with one attached hydrogen (secondary N) is 1. The van der Waals surface area contributed by atoms with Crippen molar-refractivity contribution in [1.82, 2.24) is 5.32 Å². The average molecular weight is 330 g/mol. The van der Waals surface area contributed by atoms with Crippen molar-refractivity contribution in [3.05, 3.63) is 21.3 Å². The number of hydrogen-bond donors (Lipinski definition) is 1. The van der Waals surface area contributed by atoms with Gasteiger partial charge in [0.15, 0.2) is 6.10 Å². The number of hydrogen-bond acceptors (Lipinski definition) is 4. The van der Waals surface area contributed by atoms with Crippen molar-refractivity contribution in [1.29, 1.82) is 0 Å². The summed E-state index contributed by atoms with van der Waals surface area (Å²) in [4.78, 5) is 24.4. The predicted molar refractivity (Wildman–Crippen MR) is 83.8 cm³/mol. The molecule has 0 bridgehead atoms. The van der Waals surface area contributed by atoms with Crippen LogP contribution >= 0.6 is 22.9 Å². The van der Waals surface area contributed by atoms with Crippen LogP contribution in [-0.4, -0.2) is 24.0 Å². The number of thiophene rings is 1. The molecule has 1 fully saturated rings. The van der Waals surface area contributed by atoms with Crippen molar-refractivity contribution in [2.24, 2.45) is 5.92 Å². The molecule has 1 aliphatic rings. The van der Waals surface area contributed by atoms with Crippen LogP contribution in [0.1, 0.15) is 49.2 Å². The van der Waals surface area contributed by atoms with Crippen molar-refractivity contribution in [3.8, 4) is 0 Å². The molecule has 6 heteroatoms. The van der Waals surface area contributed by atoms with Crippen LogP contribution in [0.3, 0.4) is 0 Å². The summed E-state index contributed by atoms with van der Waals surface area (Å²) in [6.07, 6.45) is 3.68. The second-order valence-corrected chi connectivity index (χ2v) is 7.24. The van der Waals surface area contributed by atoms with E-state index in [1.165, 1.54) is 6.42 Å². The number of amides is 1. The molecule has 1 aromatic rings. The first-order chi connectivity index (χ1) is 9.97. The number of carbonyl (C=O) groups excluding carboxylic acids is 2. The van der Waals surface area contributed by atoms with Gasteiger partial charge in [-0.2, -0.15) is 0 Å². The summed E-state index contributed by atoms with van der Waals surface area (Å²) in [6, 6.07) is 3.42. The molecule has 116 valence electrons. The highest BCUT2D eigenvalue weighted by atomic mass is 35.5. The quantitative estimate of drug-likeness (QED) is 0.858. The van der Waals surface area contributed by atoms with E-state index in [-0.39, 0.29) is 11.9 Å². The van der Waals surface area contributed by atoms with Gasteiger partial charge in [0.25, 0.3) is 5.91 Å². The molecule has 1 heterocycles. The molecular formula is C15H20ClNO3S. The van der Waals surface area contributed by atoms with Gasteiger partial charge < -0.3 is 10.1 Å². The molecule has 21 heavy (non-hydrogen) atoms. The molecule has 1 saturated carbocycles. The number of ether oxygens (including phenoxy) is 1. The molecule has 0 radical (unpaired) electrons. The highest BCUT2D eigenvalue weighted by Gasteiger charge is 2.26. The van der Waals surface area contributed by atoms with Crippen LogP contribution in [-0.2, 0) is 9.53 Å². The van der Waals surface area contributed by atoms with E-state index < -0.39 is 12.1 Å².